The lowest BCUT2D eigenvalue weighted by molar-refractivity contribution is 0.0926. The number of benzene rings is 2. The first kappa shape index (κ1) is 16.2. The van der Waals surface area contributed by atoms with Crippen LogP contribution in [0.15, 0.2) is 48.5 Å². The summed E-state index contributed by atoms with van der Waals surface area (Å²) in [4.78, 5) is 23.4. The highest BCUT2D eigenvalue weighted by atomic mass is 19.1. The Labute approximate surface area is 139 Å². The van der Waals surface area contributed by atoms with Gasteiger partial charge in [-0.1, -0.05) is 18.6 Å². The van der Waals surface area contributed by atoms with E-state index in [1.807, 2.05) is 0 Å². The molecular weight excluding hydrogens is 307 g/mol. The number of primary amides is 1. The molecule has 0 bridgehead atoms. The van der Waals surface area contributed by atoms with Gasteiger partial charge in [0.25, 0.3) is 5.91 Å². The van der Waals surface area contributed by atoms with Gasteiger partial charge in [-0.15, -0.1) is 0 Å². The summed E-state index contributed by atoms with van der Waals surface area (Å²) in [6.07, 6.45) is 3.04. The van der Waals surface area contributed by atoms with E-state index in [4.69, 9.17) is 5.73 Å². The van der Waals surface area contributed by atoms with Gasteiger partial charge < -0.3 is 11.1 Å². The first-order chi connectivity index (χ1) is 11.5. The summed E-state index contributed by atoms with van der Waals surface area (Å²) in [5.74, 6) is -0.974. The van der Waals surface area contributed by atoms with Crippen LogP contribution >= 0.6 is 0 Å². The van der Waals surface area contributed by atoms with Gasteiger partial charge in [-0.2, -0.15) is 0 Å². The van der Waals surface area contributed by atoms with Crippen molar-refractivity contribution in [3.05, 3.63) is 71.0 Å². The van der Waals surface area contributed by atoms with Gasteiger partial charge in [-0.05, 0) is 54.8 Å². The molecule has 2 aromatic carbocycles. The number of amides is 2. The van der Waals surface area contributed by atoms with Crippen molar-refractivity contribution in [2.45, 2.75) is 24.7 Å². The van der Waals surface area contributed by atoms with Gasteiger partial charge in [0.1, 0.15) is 5.82 Å². The van der Waals surface area contributed by atoms with Crippen LogP contribution in [0.1, 0.15) is 45.5 Å². The van der Waals surface area contributed by atoms with Crippen LogP contribution in [0.4, 0.5) is 4.39 Å². The molecule has 0 spiro atoms. The van der Waals surface area contributed by atoms with Crippen LogP contribution < -0.4 is 11.1 Å². The molecule has 0 heterocycles. The predicted octanol–water partition coefficient (Wildman–Crippen LogP) is 2.78. The number of halogens is 1. The van der Waals surface area contributed by atoms with Crippen LogP contribution in [0, 0.1) is 5.82 Å². The number of rotatable bonds is 5. The number of nitrogens with two attached hydrogens (primary N) is 1. The molecule has 2 aromatic rings. The zero-order chi connectivity index (χ0) is 17.2. The topological polar surface area (TPSA) is 72.2 Å². The van der Waals surface area contributed by atoms with E-state index in [0.717, 1.165) is 24.8 Å². The summed E-state index contributed by atoms with van der Waals surface area (Å²) in [5.41, 5.74) is 6.98. The monoisotopic (exact) mass is 326 g/mol. The molecule has 3 N–H and O–H groups in total. The van der Waals surface area contributed by atoms with Crippen molar-refractivity contribution in [2.24, 2.45) is 5.73 Å². The lowest BCUT2D eigenvalue weighted by Gasteiger charge is -2.42. The lowest BCUT2D eigenvalue weighted by atomic mass is 9.64. The van der Waals surface area contributed by atoms with E-state index in [-0.39, 0.29) is 17.1 Å². The van der Waals surface area contributed by atoms with Crippen molar-refractivity contribution in [3.8, 4) is 0 Å². The van der Waals surface area contributed by atoms with E-state index in [9.17, 15) is 14.0 Å². The minimum Gasteiger partial charge on any atom is -0.366 e. The van der Waals surface area contributed by atoms with Crippen LogP contribution in [0.3, 0.4) is 0 Å². The molecule has 0 atom stereocenters. The maximum Gasteiger partial charge on any atom is 0.251 e. The normalized spacial score (nSPS) is 15.4. The van der Waals surface area contributed by atoms with Crippen LogP contribution in [0.25, 0.3) is 0 Å². The summed E-state index contributed by atoms with van der Waals surface area (Å²) < 4.78 is 13.1. The Morgan fingerprint density at radius 3 is 2.08 bits per heavy atom. The van der Waals surface area contributed by atoms with Crippen molar-refractivity contribution in [3.63, 3.8) is 0 Å². The van der Waals surface area contributed by atoms with Crippen LogP contribution in [0.2, 0.25) is 0 Å². The highest BCUT2D eigenvalue weighted by Gasteiger charge is 2.38. The van der Waals surface area contributed by atoms with Crippen molar-refractivity contribution < 1.29 is 14.0 Å². The molecule has 124 valence electrons. The predicted molar refractivity (Wildman–Crippen MR) is 89.2 cm³/mol. The molecule has 4 nitrogen and oxygen atoms in total. The van der Waals surface area contributed by atoms with Crippen molar-refractivity contribution in [1.29, 1.82) is 0 Å². The van der Waals surface area contributed by atoms with E-state index < -0.39 is 5.91 Å². The van der Waals surface area contributed by atoms with Gasteiger partial charge >= 0.3 is 0 Å². The van der Waals surface area contributed by atoms with Gasteiger partial charge in [0.2, 0.25) is 5.91 Å². The molecule has 3 rings (SSSR count). The Hall–Kier alpha value is -2.69. The summed E-state index contributed by atoms with van der Waals surface area (Å²) in [6, 6.07) is 12.7. The van der Waals surface area contributed by atoms with Gasteiger partial charge in [0, 0.05) is 23.1 Å². The van der Waals surface area contributed by atoms with Gasteiger partial charge in [-0.3, -0.25) is 9.59 Å². The molecule has 0 radical (unpaired) electrons. The zero-order valence-corrected chi connectivity index (χ0v) is 13.2. The van der Waals surface area contributed by atoms with E-state index in [0.29, 0.717) is 17.7 Å². The number of hydrogen-bond donors (Lipinski definition) is 2. The minimum absolute atomic E-state index is 0.115. The quantitative estimate of drug-likeness (QED) is 0.887. The standard InChI is InChI=1S/C19H19FN2O2/c20-16-8-6-15(7-9-16)19(10-1-11-19)12-22-18(24)14-4-2-13(3-5-14)17(21)23/h2-9H,1,10-12H2,(H2,21,23)(H,22,24). The lowest BCUT2D eigenvalue weighted by Crippen LogP contribution is -2.45. The van der Waals surface area contributed by atoms with Crippen molar-refractivity contribution in [1.82, 2.24) is 5.32 Å². The third-order valence-corrected chi connectivity index (χ3v) is 4.79. The van der Waals surface area contributed by atoms with Gasteiger partial charge in [0.05, 0.1) is 0 Å². The molecule has 1 saturated carbocycles. The third-order valence-electron chi connectivity index (χ3n) is 4.79. The van der Waals surface area contributed by atoms with Gasteiger partial charge in [-0.25, -0.2) is 4.39 Å². The molecule has 5 heteroatoms. The van der Waals surface area contributed by atoms with Crippen LogP contribution in [-0.4, -0.2) is 18.4 Å². The zero-order valence-electron chi connectivity index (χ0n) is 13.2. The van der Waals surface area contributed by atoms with Crippen LogP contribution in [-0.2, 0) is 5.41 Å². The Morgan fingerprint density at radius 1 is 1.00 bits per heavy atom. The maximum atomic E-state index is 13.1. The van der Waals surface area contributed by atoms with E-state index in [2.05, 4.69) is 5.32 Å². The molecule has 0 unspecified atom stereocenters. The molecule has 24 heavy (non-hydrogen) atoms. The van der Waals surface area contributed by atoms with E-state index >= 15 is 0 Å². The second-order valence-corrected chi connectivity index (χ2v) is 6.27. The highest BCUT2D eigenvalue weighted by Crippen LogP contribution is 2.43. The average Bonchev–Trinajstić information content (AvgIpc) is 2.55. The number of carbonyl (C=O) groups is 2. The molecule has 1 aliphatic rings. The summed E-state index contributed by atoms with van der Waals surface area (Å²) in [6.45, 7) is 0.509. The largest absolute Gasteiger partial charge is 0.366 e. The summed E-state index contributed by atoms with van der Waals surface area (Å²) in [5, 5.41) is 2.95. The van der Waals surface area contributed by atoms with Crippen molar-refractivity contribution in [2.75, 3.05) is 6.54 Å². The number of nitrogens with one attached hydrogen (secondary N) is 1. The van der Waals surface area contributed by atoms with E-state index in [1.165, 1.54) is 24.3 Å². The second kappa shape index (κ2) is 6.43. The fourth-order valence-corrected chi connectivity index (χ4v) is 3.11. The first-order valence-electron chi connectivity index (χ1n) is 7.94. The SMILES string of the molecule is NC(=O)c1ccc(C(=O)NCC2(c3ccc(F)cc3)CCC2)cc1. The third kappa shape index (κ3) is 3.15. The van der Waals surface area contributed by atoms with Gasteiger partial charge in [0.15, 0.2) is 0 Å². The molecule has 0 aliphatic heterocycles. The van der Waals surface area contributed by atoms with Crippen LogP contribution in [0.5, 0.6) is 0 Å². The molecular formula is C19H19FN2O2. The second-order valence-electron chi connectivity index (χ2n) is 6.27. The molecule has 0 saturated heterocycles. The number of carbonyl (C=O) groups excluding carboxylic acids is 2. The van der Waals surface area contributed by atoms with Crippen molar-refractivity contribution >= 4 is 11.8 Å². The molecule has 2 amide bonds. The Bertz CT molecular complexity index is 750. The van der Waals surface area contributed by atoms with E-state index in [1.54, 1.807) is 24.3 Å². The fourth-order valence-electron chi connectivity index (χ4n) is 3.11. The maximum absolute atomic E-state index is 13.1. The highest BCUT2D eigenvalue weighted by molar-refractivity contribution is 5.97. The average molecular weight is 326 g/mol. The molecule has 1 aliphatic carbocycles. The Morgan fingerprint density at radius 2 is 1.58 bits per heavy atom. The summed E-state index contributed by atoms with van der Waals surface area (Å²) in [7, 11) is 0. The minimum atomic E-state index is -0.522. The smallest absolute Gasteiger partial charge is 0.251 e. The Balaban J connectivity index is 1.68. The first-order valence-corrected chi connectivity index (χ1v) is 7.94. The number of hydrogen-bond acceptors (Lipinski definition) is 2. The fraction of sp³-hybridized carbons (Fsp3) is 0.263. The molecule has 0 aromatic heterocycles. The summed E-state index contributed by atoms with van der Waals surface area (Å²) >= 11 is 0. The molecule has 1 fully saturated rings. The Kier molecular flexibility index (Phi) is 4.34.